The van der Waals surface area contributed by atoms with Crippen LogP contribution in [0.15, 0.2) is 41.0 Å². The van der Waals surface area contributed by atoms with Gasteiger partial charge in [-0.05, 0) is 46.3 Å². The van der Waals surface area contributed by atoms with Crippen LogP contribution in [0.25, 0.3) is 0 Å². The highest BCUT2D eigenvalue weighted by atomic mass is 79.9. The number of halogens is 1. The number of nitrogen functional groups attached to an aromatic ring is 1. The molecule has 0 aliphatic rings. The fourth-order valence-corrected chi connectivity index (χ4v) is 1.84. The molecule has 0 radical (unpaired) electrons. The van der Waals surface area contributed by atoms with Gasteiger partial charge < -0.3 is 16.2 Å². The zero-order valence-corrected chi connectivity index (χ0v) is 11.7. The lowest BCUT2D eigenvalue weighted by Crippen LogP contribution is -2.12. The lowest BCUT2D eigenvalue weighted by Gasteiger charge is -2.06. The van der Waals surface area contributed by atoms with E-state index in [1.54, 1.807) is 18.2 Å². The van der Waals surface area contributed by atoms with Crippen LogP contribution < -0.4 is 11.1 Å². The Hall–Kier alpha value is -2.41. The predicted octanol–water partition coefficient (Wildman–Crippen LogP) is 2.38. The van der Waals surface area contributed by atoms with E-state index in [4.69, 9.17) is 10.8 Å². The smallest absolute Gasteiger partial charge is 0.354 e. The maximum absolute atomic E-state index is 12.0. The highest BCUT2D eigenvalue weighted by Gasteiger charge is 2.09. The number of carboxylic acids is 1. The van der Waals surface area contributed by atoms with E-state index in [2.05, 4.69) is 26.2 Å². The normalized spacial score (nSPS) is 10.1. The van der Waals surface area contributed by atoms with Gasteiger partial charge in [-0.3, -0.25) is 4.79 Å². The molecule has 0 fully saturated rings. The van der Waals surface area contributed by atoms with Crippen LogP contribution in [0.1, 0.15) is 20.8 Å². The molecule has 2 rings (SSSR count). The molecule has 0 saturated heterocycles. The maximum Gasteiger partial charge on any atom is 0.354 e. The lowest BCUT2D eigenvalue weighted by atomic mass is 10.2. The number of nitrogens with two attached hydrogens (primary N) is 1. The number of rotatable bonds is 3. The van der Waals surface area contributed by atoms with E-state index in [0.29, 0.717) is 21.4 Å². The summed E-state index contributed by atoms with van der Waals surface area (Å²) >= 11 is 3.24. The fourth-order valence-electron chi connectivity index (χ4n) is 1.47. The summed E-state index contributed by atoms with van der Waals surface area (Å²) in [5, 5.41) is 11.3. The van der Waals surface area contributed by atoms with Gasteiger partial charge in [0.1, 0.15) is 5.69 Å². The molecule has 7 heteroatoms. The number of carbonyl (C=O) groups is 2. The third-order valence-electron chi connectivity index (χ3n) is 2.50. The Labute approximate surface area is 122 Å². The van der Waals surface area contributed by atoms with Crippen LogP contribution in [-0.4, -0.2) is 22.0 Å². The first-order valence-electron chi connectivity index (χ1n) is 5.53. The number of aromatic nitrogens is 1. The van der Waals surface area contributed by atoms with Crippen LogP contribution in [0.2, 0.25) is 0 Å². The van der Waals surface area contributed by atoms with E-state index in [0.717, 1.165) is 0 Å². The second kappa shape index (κ2) is 5.70. The second-order valence-electron chi connectivity index (χ2n) is 3.93. The number of hydrogen-bond acceptors (Lipinski definition) is 4. The number of pyridine rings is 1. The summed E-state index contributed by atoms with van der Waals surface area (Å²) < 4.78 is 0.629. The van der Waals surface area contributed by atoms with Gasteiger partial charge in [-0.1, -0.05) is 0 Å². The Morgan fingerprint density at radius 3 is 2.55 bits per heavy atom. The quantitative estimate of drug-likeness (QED) is 0.747. The van der Waals surface area contributed by atoms with Gasteiger partial charge in [0.25, 0.3) is 5.91 Å². The van der Waals surface area contributed by atoms with Crippen molar-refractivity contribution in [1.29, 1.82) is 0 Å². The monoisotopic (exact) mass is 335 g/mol. The number of carboxylic acid groups (broad SMARTS) is 1. The molecule has 1 aromatic heterocycles. The van der Waals surface area contributed by atoms with Crippen molar-refractivity contribution in [3.63, 3.8) is 0 Å². The van der Waals surface area contributed by atoms with Crippen molar-refractivity contribution < 1.29 is 14.7 Å². The summed E-state index contributed by atoms with van der Waals surface area (Å²) in [6.07, 6.45) is 1.29. The largest absolute Gasteiger partial charge is 0.477 e. The van der Waals surface area contributed by atoms with Gasteiger partial charge in [-0.15, -0.1) is 0 Å². The molecule has 0 bridgehead atoms. The van der Waals surface area contributed by atoms with E-state index >= 15 is 0 Å². The number of anilines is 2. The summed E-state index contributed by atoms with van der Waals surface area (Å²) in [6, 6.07) is 7.60. The van der Waals surface area contributed by atoms with Crippen molar-refractivity contribution in [3.8, 4) is 0 Å². The van der Waals surface area contributed by atoms with Gasteiger partial charge in [-0.2, -0.15) is 0 Å². The topological polar surface area (TPSA) is 105 Å². The molecule has 0 atom stereocenters. The Bertz CT molecular complexity index is 671. The Kier molecular flexibility index (Phi) is 3.99. The first kappa shape index (κ1) is 14.0. The molecule has 102 valence electrons. The number of hydrogen-bond donors (Lipinski definition) is 3. The summed E-state index contributed by atoms with van der Waals surface area (Å²) in [4.78, 5) is 26.4. The predicted molar refractivity (Wildman–Crippen MR) is 77.7 cm³/mol. The average Bonchev–Trinajstić information content (AvgIpc) is 2.42. The molecular formula is C13H10BrN3O3. The van der Waals surface area contributed by atoms with Crippen molar-refractivity contribution in [3.05, 3.63) is 52.3 Å². The molecular weight excluding hydrogens is 326 g/mol. The first-order chi connectivity index (χ1) is 9.47. The minimum absolute atomic E-state index is 0.0850. The zero-order chi connectivity index (χ0) is 14.7. The number of carbonyl (C=O) groups excluding carboxylic acids is 1. The summed E-state index contributed by atoms with van der Waals surface area (Å²) in [5.74, 6) is -1.46. The van der Waals surface area contributed by atoms with E-state index < -0.39 is 5.97 Å². The SMILES string of the molecule is Nc1ccc(C(=O)Nc2ccc(C(=O)O)nc2)cc1Br. The third kappa shape index (κ3) is 3.12. The molecule has 0 saturated carbocycles. The van der Waals surface area contributed by atoms with Crippen molar-refractivity contribution in [2.45, 2.75) is 0 Å². The second-order valence-corrected chi connectivity index (χ2v) is 4.78. The van der Waals surface area contributed by atoms with Crippen LogP contribution in [0.4, 0.5) is 11.4 Å². The Morgan fingerprint density at radius 1 is 1.25 bits per heavy atom. The molecule has 1 aromatic carbocycles. The molecule has 1 heterocycles. The minimum Gasteiger partial charge on any atom is -0.477 e. The molecule has 0 spiro atoms. The summed E-state index contributed by atoms with van der Waals surface area (Å²) in [7, 11) is 0. The summed E-state index contributed by atoms with van der Waals surface area (Å²) in [5.41, 5.74) is 6.93. The highest BCUT2D eigenvalue weighted by molar-refractivity contribution is 9.10. The van der Waals surface area contributed by atoms with Crippen LogP contribution in [0, 0.1) is 0 Å². The van der Waals surface area contributed by atoms with Gasteiger partial charge in [0.05, 0.1) is 11.9 Å². The van der Waals surface area contributed by atoms with Crippen LogP contribution in [-0.2, 0) is 0 Å². The van der Waals surface area contributed by atoms with E-state index in [-0.39, 0.29) is 11.6 Å². The zero-order valence-electron chi connectivity index (χ0n) is 10.1. The van der Waals surface area contributed by atoms with Crippen LogP contribution in [0.5, 0.6) is 0 Å². The molecule has 6 nitrogen and oxygen atoms in total. The molecule has 20 heavy (non-hydrogen) atoms. The lowest BCUT2D eigenvalue weighted by molar-refractivity contribution is 0.0690. The van der Waals surface area contributed by atoms with Gasteiger partial charge >= 0.3 is 5.97 Å². The third-order valence-corrected chi connectivity index (χ3v) is 3.19. The molecule has 2 aromatic rings. The van der Waals surface area contributed by atoms with Gasteiger partial charge in [0, 0.05) is 15.7 Å². The minimum atomic E-state index is -1.12. The average molecular weight is 336 g/mol. The van der Waals surface area contributed by atoms with E-state index in [1.807, 2.05) is 0 Å². The van der Waals surface area contributed by atoms with Crippen molar-refractivity contribution in [2.75, 3.05) is 11.1 Å². The Balaban J connectivity index is 2.14. The van der Waals surface area contributed by atoms with Crippen LogP contribution >= 0.6 is 15.9 Å². The van der Waals surface area contributed by atoms with Gasteiger partial charge in [-0.25, -0.2) is 9.78 Å². The van der Waals surface area contributed by atoms with Crippen molar-refractivity contribution >= 4 is 39.2 Å². The molecule has 4 N–H and O–H groups in total. The number of aromatic carboxylic acids is 1. The molecule has 0 aliphatic heterocycles. The first-order valence-corrected chi connectivity index (χ1v) is 6.32. The van der Waals surface area contributed by atoms with Crippen molar-refractivity contribution in [1.82, 2.24) is 4.98 Å². The fraction of sp³-hybridized carbons (Fsp3) is 0. The van der Waals surface area contributed by atoms with Gasteiger partial charge in [0.2, 0.25) is 0 Å². The summed E-state index contributed by atoms with van der Waals surface area (Å²) in [6.45, 7) is 0. The van der Waals surface area contributed by atoms with E-state index in [1.165, 1.54) is 18.3 Å². The molecule has 1 amide bonds. The molecule has 0 aliphatic carbocycles. The van der Waals surface area contributed by atoms with Gasteiger partial charge in [0.15, 0.2) is 0 Å². The highest BCUT2D eigenvalue weighted by Crippen LogP contribution is 2.21. The van der Waals surface area contributed by atoms with Crippen LogP contribution in [0.3, 0.4) is 0 Å². The molecule has 0 unspecified atom stereocenters. The number of nitrogens with one attached hydrogen (secondary N) is 1. The maximum atomic E-state index is 12.0. The van der Waals surface area contributed by atoms with E-state index in [9.17, 15) is 9.59 Å². The standard InChI is InChI=1S/C13H10BrN3O3/c14-9-5-7(1-3-10(9)15)12(18)17-8-2-4-11(13(19)20)16-6-8/h1-6H,15H2,(H,17,18)(H,19,20). The van der Waals surface area contributed by atoms with Crippen molar-refractivity contribution in [2.24, 2.45) is 0 Å². The number of benzene rings is 1. The Morgan fingerprint density at radius 2 is 2.00 bits per heavy atom. The number of amides is 1. The number of nitrogens with zero attached hydrogens (tertiary/aromatic N) is 1.